The number of hydrogen-bond acceptors (Lipinski definition) is 1. The first-order valence-corrected chi connectivity index (χ1v) is 5.32. The van der Waals surface area contributed by atoms with Gasteiger partial charge in [0.2, 0.25) is 0 Å². The average molecular weight is 239 g/mol. The first-order chi connectivity index (χ1) is 6.25. The Morgan fingerprint density at radius 1 is 1.31 bits per heavy atom. The van der Waals surface area contributed by atoms with Crippen molar-refractivity contribution in [3.05, 3.63) is 34.3 Å². The van der Waals surface area contributed by atoms with Crippen molar-refractivity contribution in [1.82, 2.24) is 0 Å². The van der Waals surface area contributed by atoms with Gasteiger partial charge in [0.05, 0.1) is 0 Å². The smallest absolute Gasteiger partial charge is 0.140 e. The molecule has 0 N–H and O–H groups in total. The summed E-state index contributed by atoms with van der Waals surface area (Å²) in [5.74, 6) is 0.783. The van der Waals surface area contributed by atoms with Gasteiger partial charge < -0.3 is 0 Å². The van der Waals surface area contributed by atoms with E-state index in [0.717, 1.165) is 22.9 Å². The van der Waals surface area contributed by atoms with Gasteiger partial charge in [0, 0.05) is 16.8 Å². The number of carbonyl (C=O) groups is 1. The lowest BCUT2D eigenvalue weighted by molar-refractivity contribution is -0.119. The maximum Gasteiger partial charge on any atom is 0.140 e. The zero-order valence-corrected chi connectivity index (χ0v) is 8.88. The van der Waals surface area contributed by atoms with E-state index in [1.807, 2.05) is 24.3 Å². The second-order valence-electron chi connectivity index (χ2n) is 3.54. The molecule has 1 fully saturated rings. The lowest BCUT2D eigenvalue weighted by Gasteiger charge is -1.99. The number of carbonyl (C=O) groups excluding carboxylic acids is 1. The van der Waals surface area contributed by atoms with Crippen LogP contribution in [0.3, 0.4) is 0 Å². The molecule has 1 saturated carbocycles. The molecule has 0 bridgehead atoms. The third-order valence-electron chi connectivity index (χ3n) is 2.32. The first-order valence-electron chi connectivity index (χ1n) is 4.53. The normalized spacial score (nSPS) is 15.8. The third kappa shape index (κ3) is 2.41. The number of rotatable bonds is 3. The van der Waals surface area contributed by atoms with Gasteiger partial charge in [0.25, 0.3) is 0 Å². The largest absolute Gasteiger partial charge is 0.299 e. The van der Waals surface area contributed by atoms with Crippen LogP contribution >= 0.6 is 15.9 Å². The zero-order valence-electron chi connectivity index (χ0n) is 7.29. The molecule has 2 heteroatoms. The van der Waals surface area contributed by atoms with E-state index in [4.69, 9.17) is 0 Å². The molecular weight excluding hydrogens is 228 g/mol. The van der Waals surface area contributed by atoms with Gasteiger partial charge in [-0.1, -0.05) is 28.1 Å². The summed E-state index contributed by atoms with van der Waals surface area (Å²) in [6.07, 6.45) is 2.82. The molecule has 1 aromatic rings. The number of hydrogen-bond donors (Lipinski definition) is 0. The minimum absolute atomic E-state index is 0.378. The van der Waals surface area contributed by atoms with E-state index in [1.54, 1.807) is 0 Å². The Labute approximate surface area is 86.3 Å². The van der Waals surface area contributed by atoms with Gasteiger partial charge in [0.1, 0.15) is 5.78 Å². The van der Waals surface area contributed by atoms with E-state index >= 15 is 0 Å². The summed E-state index contributed by atoms with van der Waals surface area (Å²) >= 11 is 3.37. The summed E-state index contributed by atoms with van der Waals surface area (Å²) < 4.78 is 1.06. The van der Waals surface area contributed by atoms with Crippen LogP contribution in [0.4, 0.5) is 0 Å². The Hall–Kier alpha value is -0.630. The van der Waals surface area contributed by atoms with Crippen LogP contribution in [0.1, 0.15) is 18.4 Å². The van der Waals surface area contributed by atoms with Crippen LogP contribution in [0.2, 0.25) is 0 Å². The summed E-state index contributed by atoms with van der Waals surface area (Å²) in [5, 5.41) is 0. The molecular formula is C11H11BrO. The zero-order chi connectivity index (χ0) is 9.26. The first kappa shape index (κ1) is 8.95. The highest BCUT2D eigenvalue weighted by Gasteiger charge is 2.28. The monoisotopic (exact) mass is 238 g/mol. The second-order valence-corrected chi connectivity index (χ2v) is 4.46. The lowest BCUT2D eigenvalue weighted by Crippen LogP contribution is -2.04. The summed E-state index contributed by atoms with van der Waals surface area (Å²) in [5.41, 5.74) is 1.13. The maximum absolute atomic E-state index is 11.4. The molecule has 1 aliphatic rings. The summed E-state index contributed by atoms with van der Waals surface area (Å²) in [4.78, 5) is 11.4. The summed E-state index contributed by atoms with van der Waals surface area (Å²) in [6.45, 7) is 0. The van der Waals surface area contributed by atoms with Crippen molar-refractivity contribution in [2.24, 2.45) is 5.92 Å². The van der Waals surface area contributed by atoms with Gasteiger partial charge in [-0.3, -0.25) is 4.79 Å². The van der Waals surface area contributed by atoms with E-state index in [-0.39, 0.29) is 0 Å². The van der Waals surface area contributed by atoms with Crippen molar-refractivity contribution >= 4 is 21.7 Å². The maximum atomic E-state index is 11.4. The van der Waals surface area contributed by atoms with E-state index in [0.29, 0.717) is 18.1 Å². The van der Waals surface area contributed by atoms with E-state index in [9.17, 15) is 4.79 Å². The SMILES string of the molecule is O=C(Cc1ccc(Br)cc1)C1CC1. The van der Waals surface area contributed by atoms with Crippen LogP contribution in [0, 0.1) is 5.92 Å². The Morgan fingerprint density at radius 3 is 2.46 bits per heavy atom. The lowest BCUT2D eigenvalue weighted by atomic mass is 10.1. The standard InChI is InChI=1S/C11H11BrO/c12-10-5-1-8(2-6-10)7-11(13)9-3-4-9/h1-2,5-6,9H,3-4,7H2. The van der Waals surface area contributed by atoms with E-state index in [2.05, 4.69) is 15.9 Å². The van der Waals surface area contributed by atoms with Crippen molar-refractivity contribution < 1.29 is 4.79 Å². The molecule has 0 saturated heterocycles. The molecule has 0 spiro atoms. The van der Waals surface area contributed by atoms with Crippen molar-refractivity contribution in [1.29, 1.82) is 0 Å². The van der Waals surface area contributed by atoms with Crippen LogP contribution in [-0.2, 0) is 11.2 Å². The van der Waals surface area contributed by atoms with Gasteiger partial charge in [-0.25, -0.2) is 0 Å². The topological polar surface area (TPSA) is 17.1 Å². The van der Waals surface area contributed by atoms with Gasteiger partial charge in [-0.2, -0.15) is 0 Å². The molecule has 0 aliphatic heterocycles. The van der Waals surface area contributed by atoms with Gasteiger partial charge in [-0.05, 0) is 30.5 Å². The van der Waals surface area contributed by atoms with Gasteiger partial charge >= 0.3 is 0 Å². The molecule has 1 aromatic carbocycles. The molecule has 13 heavy (non-hydrogen) atoms. The minimum Gasteiger partial charge on any atom is -0.299 e. The molecule has 68 valence electrons. The van der Waals surface area contributed by atoms with E-state index in [1.165, 1.54) is 0 Å². The molecule has 0 amide bonds. The van der Waals surface area contributed by atoms with Gasteiger partial charge in [-0.15, -0.1) is 0 Å². The van der Waals surface area contributed by atoms with Crippen LogP contribution in [0.15, 0.2) is 28.7 Å². The second kappa shape index (κ2) is 3.62. The van der Waals surface area contributed by atoms with Crippen LogP contribution in [0.5, 0.6) is 0 Å². The molecule has 2 rings (SSSR count). The van der Waals surface area contributed by atoms with Crippen LogP contribution in [0.25, 0.3) is 0 Å². The van der Waals surface area contributed by atoms with Crippen molar-refractivity contribution in [2.45, 2.75) is 19.3 Å². The highest BCUT2D eigenvalue weighted by molar-refractivity contribution is 9.10. The van der Waals surface area contributed by atoms with Crippen LogP contribution in [-0.4, -0.2) is 5.78 Å². The quantitative estimate of drug-likeness (QED) is 0.792. The predicted octanol–water partition coefficient (Wildman–Crippen LogP) is 2.97. The molecule has 0 aromatic heterocycles. The Morgan fingerprint density at radius 2 is 1.92 bits per heavy atom. The van der Waals surface area contributed by atoms with E-state index < -0.39 is 0 Å². The number of halogens is 1. The molecule has 1 aliphatic carbocycles. The number of benzene rings is 1. The predicted molar refractivity (Wildman–Crippen MR) is 55.6 cm³/mol. The molecule has 0 heterocycles. The third-order valence-corrected chi connectivity index (χ3v) is 2.85. The number of Topliss-reactive ketones (excluding diaryl/α,β-unsaturated/α-hetero) is 1. The highest BCUT2D eigenvalue weighted by Crippen LogP contribution is 2.30. The molecule has 0 atom stereocenters. The van der Waals surface area contributed by atoms with Crippen LogP contribution < -0.4 is 0 Å². The Balaban J connectivity index is 2.00. The van der Waals surface area contributed by atoms with Crippen molar-refractivity contribution in [3.8, 4) is 0 Å². The Kier molecular flexibility index (Phi) is 2.49. The average Bonchev–Trinajstić information content (AvgIpc) is 2.91. The fourth-order valence-corrected chi connectivity index (χ4v) is 1.62. The van der Waals surface area contributed by atoms with Crippen molar-refractivity contribution in [3.63, 3.8) is 0 Å². The molecule has 1 nitrogen and oxygen atoms in total. The highest BCUT2D eigenvalue weighted by atomic mass is 79.9. The van der Waals surface area contributed by atoms with Crippen molar-refractivity contribution in [2.75, 3.05) is 0 Å². The fourth-order valence-electron chi connectivity index (χ4n) is 1.35. The Bertz CT molecular complexity index is 311. The van der Waals surface area contributed by atoms with Gasteiger partial charge in [0.15, 0.2) is 0 Å². The summed E-state index contributed by atoms with van der Waals surface area (Å²) in [6, 6.07) is 7.97. The fraction of sp³-hybridized carbons (Fsp3) is 0.364. The molecule has 0 radical (unpaired) electrons. The minimum atomic E-state index is 0.378. The number of ketones is 1. The summed E-state index contributed by atoms with van der Waals surface area (Å²) in [7, 11) is 0. The molecule has 0 unspecified atom stereocenters.